The van der Waals surface area contributed by atoms with Crippen molar-refractivity contribution in [1.29, 1.82) is 0 Å². The van der Waals surface area contributed by atoms with E-state index in [1.807, 2.05) is 0 Å². The van der Waals surface area contributed by atoms with Gasteiger partial charge in [0.15, 0.2) is 0 Å². The number of ether oxygens (including phenoxy) is 1. The van der Waals surface area contributed by atoms with Crippen LogP contribution in [0.25, 0.3) is 0 Å². The molecule has 35 heavy (non-hydrogen) atoms. The Morgan fingerprint density at radius 3 is 1.00 bits per heavy atom. The Balaban J connectivity index is 1.26. The average Bonchev–Trinajstić information content (AvgIpc) is 2.84. The third-order valence-electron chi connectivity index (χ3n) is 4.66. The minimum Gasteiger partial charge on any atom is -0.457 e. The first-order valence-electron chi connectivity index (χ1n) is 10.5. The summed E-state index contributed by atoms with van der Waals surface area (Å²) in [5, 5.41) is 12.1. The second-order valence-electron chi connectivity index (χ2n) is 7.32. The molecule has 0 spiro atoms. The molecule has 0 aliphatic carbocycles. The van der Waals surface area contributed by atoms with E-state index in [4.69, 9.17) is 27.9 Å². The highest BCUT2D eigenvalue weighted by atomic mass is 35.5. The van der Waals surface area contributed by atoms with Crippen LogP contribution in [0.2, 0.25) is 10.0 Å². The lowest BCUT2D eigenvalue weighted by molar-refractivity contribution is 0.261. The molecule has 0 aromatic heterocycles. The highest BCUT2D eigenvalue weighted by molar-refractivity contribution is 6.31. The van der Waals surface area contributed by atoms with Crippen LogP contribution in [0.15, 0.2) is 97.1 Å². The molecular formula is C26H20Cl2N4O3. The number of carbonyl (C=O) groups excluding carboxylic acids is 2. The molecule has 4 N–H and O–H groups in total. The first-order valence-corrected chi connectivity index (χ1v) is 11.2. The third kappa shape index (κ3) is 7.40. The molecule has 0 saturated heterocycles. The summed E-state index contributed by atoms with van der Waals surface area (Å²) in [6, 6.07) is 26.8. The maximum absolute atomic E-state index is 12.1. The molecule has 0 aliphatic rings. The van der Waals surface area contributed by atoms with Crippen molar-refractivity contribution in [3.63, 3.8) is 0 Å². The monoisotopic (exact) mass is 506 g/mol. The van der Waals surface area contributed by atoms with Gasteiger partial charge in [0, 0.05) is 32.8 Å². The molecule has 0 saturated carbocycles. The van der Waals surface area contributed by atoms with Gasteiger partial charge in [-0.25, -0.2) is 9.59 Å². The molecule has 0 atom stereocenters. The van der Waals surface area contributed by atoms with Gasteiger partial charge in [-0.2, -0.15) is 0 Å². The first-order chi connectivity index (χ1) is 16.9. The molecule has 0 unspecified atom stereocenters. The van der Waals surface area contributed by atoms with Crippen molar-refractivity contribution in [3.05, 3.63) is 107 Å². The van der Waals surface area contributed by atoms with Crippen LogP contribution in [0.3, 0.4) is 0 Å². The van der Waals surface area contributed by atoms with Crippen LogP contribution in [-0.4, -0.2) is 12.1 Å². The molecule has 176 valence electrons. The molecule has 0 bridgehead atoms. The first kappa shape index (κ1) is 23.9. The fourth-order valence-electron chi connectivity index (χ4n) is 3.00. The Bertz CT molecular complexity index is 1190. The number of anilines is 4. The van der Waals surface area contributed by atoms with Gasteiger partial charge < -0.3 is 26.0 Å². The van der Waals surface area contributed by atoms with Gasteiger partial charge in [0.05, 0.1) is 0 Å². The summed E-state index contributed by atoms with van der Waals surface area (Å²) in [5.41, 5.74) is 2.48. The normalized spacial score (nSPS) is 10.2. The smallest absolute Gasteiger partial charge is 0.323 e. The van der Waals surface area contributed by atoms with Gasteiger partial charge in [-0.15, -0.1) is 0 Å². The third-order valence-corrected chi connectivity index (χ3v) is 5.17. The van der Waals surface area contributed by atoms with Crippen LogP contribution >= 0.6 is 23.2 Å². The average molecular weight is 507 g/mol. The van der Waals surface area contributed by atoms with Crippen LogP contribution in [-0.2, 0) is 0 Å². The topological polar surface area (TPSA) is 91.5 Å². The number of benzene rings is 4. The zero-order valence-electron chi connectivity index (χ0n) is 18.2. The fraction of sp³-hybridized carbons (Fsp3) is 0. The molecule has 0 aliphatic heterocycles. The van der Waals surface area contributed by atoms with Crippen molar-refractivity contribution >= 4 is 58.0 Å². The predicted molar refractivity (Wildman–Crippen MR) is 141 cm³/mol. The van der Waals surface area contributed by atoms with Crippen LogP contribution in [0.5, 0.6) is 11.5 Å². The maximum Gasteiger partial charge on any atom is 0.323 e. The van der Waals surface area contributed by atoms with E-state index in [0.717, 1.165) is 0 Å². The maximum atomic E-state index is 12.1. The SMILES string of the molecule is O=C(Nc1ccc(Cl)cc1)Nc1ccc(Oc2ccc(NC(=O)Nc3ccc(Cl)cc3)cc2)cc1. The summed E-state index contributed by atoms with van der Waals surface area (Å²) < 4.78 is 5.83. The van der Waals surface area contributed by atoms with Crippen LogP contribution < -0.4 is 26.0 Å². The Kier molecular flexibility index (Phi) is 7.72. The number of halogens is 2. The van der Waals surface area contributed by atoms with E-state index in [0.29, 0.717) is 44.3 Å². The van der Waals surface area contributed by atoms with Crippen molar-refractivity contribution in [3.8, 4) is 11.5 Å². The molecule has 4 rings (SSSR count). The quantitative estimate of drug-likeness (QED) is 0.213. The lowest BCUT2D eigenvalue weighted by atomic mass is 10.3. The Labute approximate surface area is 212 Å². The summed E-state index contributed by atoms with van der Waals surface area (Å²) in [5.74, 6) is 1.18. The molecule has 4 aromatic rings. The number of nitrogens with one attached hydrogen (secondary N) is 4. The van der Waals surface area contributed by atoms with E-state index in [2.05, 4.69) is 21.3 Å². The lowest BCUT2D eigenvalue weighted by Crippen LogP contribution is -2.19. The number of hydrogen-bond acceptors (Lipinski definition) is 3. The van der Waals surface area contributed by atoms with Gasteiger partial charge in [0.25, 0.3) is 0 Å². The van der Waals surface area contributed by atoms with Crippen molar-refractivity contribution in [1.82, 2.24) is 0 Å². The molecule has 7 nitrogen and oxygen atoms in total. The van der Waals surface area contributed by atoms with E-state index in [-0.39, 0.29) is 12.1 Å². The zero-order valence-corrected chi connectivity index (χ0v) is 19.7. The summed E-state index contributed by atoms with van der Waals surface area (Å²) >= 11 is 11.7. The van der Waals surface area contributed by atoms with Crippen LogP contribution in [0.1, 0.15) is 0 Å². The molecule has 4 aromatic carbocycles. The van der Waals surface area contributed by atoms with Crippen molar-refractivity contribution < 1.29 is 14.3 Å². The fourth-order valence-corrected chi connectivity index (χ4v) is 3.25. The van der Waals surface area contributed by atoms with Gasteiger partial charge >= 0.3 is 12.1 Å². The summed E-state index contributed by atoms with van der Waals surface area (Å²) in [6.07, 6.45) is 0. The van der Waals surface area contributed by atoms with Gasteiger partial charge in [-0.3, -0.25) is 0 Å². The van der Waals surface area contributed by atoms with Gasteiger partial charge in [0.1, 0.15) is 11.5 Å². The zero-order chi connectivity index (χ0) is 24.6. The van der Waals surface area contributed by atoms with Crippen molar-refractivity contribution in [2.24, 2.45) is 0 Å². The number of rotatable bonds is 6. The standard InChI is InChI=1S/C26H20Cl2N4O3/c27-17-1-5-19(6-2-17)29-25(33)31-21-9-13-23(14-10-21)35-24-15-11-22(12-16-24)32-26(34)30-20-7-3-18(28)4-8-20/h1-16H,(H2,29,31,33)(H2,30,32,34). The highest BCUT2D eigenvalue weighted by Crippen LogP contribution is 2.25. The molecule has 4 amide bonds. The number of carbonyl (C=O) groups is 2. The molecular weight excluding hydrogens is 487 g/mol. The van der Waals surface area contributed by atoms with Crippen molar-refractivity contribution in [2.45, 2.75) is 0 Å². The Morgan fingerprint density at radius 1 is 0.457 bits per heavy atom. The number of urea groups is 2. The Hall–Kier alpha value is -4.20. The lowest BCUT2D eigenvalue weighted by Gasteiger charge is -2.10. The van der Waals surface area contributed by atoms with Crippen molar-refractivity contribution in [2.75, 3.05) is 21.3 Å². The van der Waals surface area contributed by atoms with E-state index in [9.17, 15) is 9.59 Å². The molecule has 9 heteroatoms. The Morgan fingerprint density at radius 2 is 0.714 bits per heavy atom. The van der Waals surface area contributed by atoms with E-state index < -0.39 is 0 Å². The van der Waals surface area contributed by atoms with Gasteiger partial charge in [-0.05, 0) is 97.1 Å². The van der Waals surface area contributed by atoms with E-state index >= 15 is 0 Å². The van der Waals surface area contributed by atoms with E-state index in [1.165, 1.54) is 0 Å². The second kappa shape index (κ2) is 11.3. The largest absolute Gasteiger partial charge is 0.457 e. The minimum atomic E-state index is -0.371. The van der Waals surface area contributed by atoms with Gasteiger partial charge in [-0.1, -0.05) is 23.2 Å². The molecule has 0 fully saturated rings. The summed E-state index contributed by atoms with van der Waals surface area (Å²) in [4.78, 5) is 24.3. The number of hydrogen-bond donors (Lipinski definition) is 4. The summed E-state index contributed by atoms with van der Waals surface area (Å²) in [6.45, 7) is 0. The van der Waals surface area contributed by atoms with Crippen LogP contribution in [0.4, 0.5) is 32.3 Å². The minimum absolute atomic E-state index is 0.371. The van der Waals surface area contributed by atoms with Gasteiger partial charge in [0.2, 0.25) is 0 Å². The molecule has 0 radical (unpaired) electrons. The van der Waals surface area contributed by atoms with Crippen LogP contribution in [0, 0.1) is 0 Å². The van der Waals surface area contributed by atoms with E-state index in [1.54, 1.807) is 97.1 Å². The highest BCUT2D eigenvalue weighted by Gasteiger charge is 2.06. The summed E-state index contributed by atoms with van der Waals surface area (Å²) in [7, 11) is 0. The molecule has 0 heterocycles. The second-order valence-corrected chi connectivity index (χ2v) is 8.20. The number of amides is 4. The predicted octanol–water partition coefficient (Wildman–Crippen LogP) is 8.07.